The lowest BCUT2D eigenvalue weighted by Crippen LogP contribution is -2.14. The molecule has 1 aromatic rings. The summed E-state index contributed by atoms with van der Waals surface area (Å²) in [5.41, 5.74) is 6.32. The van der Waals surface area contributed by atoms with Crippen molar-refractivity contribution < 1.29 is 4.39 Å². The Balaban J connectivity index is 2.51. The summed E-state index contributed by atoms with van der Waals surface area (Å²) in [6.45, 7) is 1.96. The van der Waals surface area contributed by atoms with Crippen molar-refractivity contribution in [2.45, 2.75) is 32.2 Å². The summed E-state index contributed by atoms with van der Waals surface area (Å²) in [6.07, 6.45) is 2.56. The summed E-state index contributed by atoms with van der Waals surface area (Å²) in [7, 11) is 0. The van der Waals surface area contributed by atoms with Crippen molar-refractivity contribution in [1.82, 2.24) is 0 Å². The number of hydrogen-bond acceptors (Lipinski definition) is 1. The molecular weight excluding hydrogens is 201 g/mol. The second-order valence-corrected chi connectivity index (χ2v) is 4.04. The minimum Gasteiger partial charge on any atom is -0.328 e. The molecule has 0 aliphatic carbocycles. The molecule has 78 valence electrons. The van der Waals surface area contributed by atoms with Crippen molar-refractivity contribution in [2.75, 3.05) is 0 Å². The van der Waals surface area contributed by atoms with E-state index in [1.165, 1.54) is 6.07 Å². The van der Waals surface area contributed by atoms with Gasteiger partial charge in [-0.2, -0.15) is 0 Å². The highest BCUT2D eigenvalue weighted by atomic mass is 35.5. The topological polar surface area (TPSA) is 26.0 Å². The van der Waals surface area contributed by atoms with Gasteiger partial charge in [0.1, 0.15) is 5.82 Å². The molecule has 1 aromatic carbocycles. The molecule has 0 amide bonds. The van der Waals surface area contributed by atoms with Crippen LogP contribution < -0.4 is 5.73 Å². The SMILES string of the molecule is CC(N)CCCc1ccc(Cl)cc1F. The standard InChI is InChI=1S/C11H15ClFN/c1-8(14)3-2-4-9-5-6-10(12)7-11(9)13/h5-8H,2-4,14H2,1H3. The molecule has 1 nitrogen and oxygen atoms in total. The van der Waals surface area contributed by atoms with E-state index >= 15 is 0 Å². The second-order valence-electron chi connectivity index (χ2n) is 3.61. The number of aryl methyl sites for hydroxylation is 1. The minimum atomic E-state index is -0.220. The zero-order chi connectivity index (χ0) is 10.6. The Labute approximate surface area is 89.1 Å². The first kappa shape index (κ1) is 11.5. The molecule has 1 unspecified atom stereocenters. The van der Waals surface area contributed by atoms with Crippen LogP contribution in [0.4, 0.5) is 4.39 Å². The Morgan fingerprint density at radius 2 is 2.21 bits per heavy atom. The van der Waals surface area contributed by atoms with Crippen molar-refractivity contribution in [3.8, 4) is 0 Å². The summed E-state index contributed by atoms with van der Waals surface area (Å²) >= 11 is 5.64. The Bertz CT molecular complexity index is 299. The van der Waals surface area contributed by atoms with E-state index in [1.54, 1.807) is 12.1 Å². The molecular formula is C11H15ClFN. The number of hydrogen-bond donors (Lipinski definition) is 1. The first-order chi connectivity index (χ1) is 6.59. The molecule has 1 atom stereocenters. The van der Waals surface area contributed by atoms with E-state index in [1.807, 2.05) is 6.92 Å². The van der Waals surface area contributed by atoms with E-state index in [4.69, 9.17) is 17.3 Å². The molecule has 0 fully saturated rings. The normalized spacial score (nSPS) is 12.9. The Morgan fingerprint density at radius 3 is 2.79 bits per heavy atom. The maximum atomic E-state index is 13.3. The Kier molecular flexibility index (Phi) is 4.36. The predicted octanol–water partition coefficient (Wildman–Crippen LogP) is 3.15. The van der Waals surface area contributed by atoms with Gasteiger partial charge in [0.15, 0.2) is 0 Å². The van der Waals surface area contributed by atoms with Gasteiger partial charge in [0.05, 0.1) is 0 Å². The molecule has 0 spiro atoms. The highest BCUT2D eigenvalue weighted by Gasteiger charge is 2.03. The highest BCUT2D eigenvalue weighted by molar-refractivity contribution is 6.30. The summed E-state index contributed by atoms with van der Waals surface area (Å²) in [5, 5.41) is 0.443. The first-order valence-electron chi connectivity index (χ1n) is 4.79. The predicted molar refractivity (Wildman–Crippen MR) is 58.0 cm³/mol. The van der Waals surface area contributed by atoms with E-state index in [0.717, 1.165) is 24.8 Å². The van der Waals surface area contributed by atoms with Crippen LogP contribution in [0, 0.1) is 5.82 Å². The third-order valence-electron chi connectivity index (χ3n) is 2.12. The fraction of sp³-hybridized carbons (Fsp3) is 0.455. The van der Waals surface area contributed by atoms with E-state index in [-0.39, 0.29) is 11.9 Å². The molecule has 1 rings (SSSR count). The van der Waals surface area contributed by atoms with Crippen molar-refractivity contribution in [2.24, 2.45) is 5.73 Å². The van der Waals surface area contributed by atoms with Crippen LogP contribution in [0.5, 0.6) is 0 Å². The van der Waals surface area contributed by atoms with Gasteiger partial charge in [0, 0.05) is 11.1 Å². The van der Waals surface area contributed by atoms with E-state index in [0.29, 0.717) is 5.02 Å². The van der Waals surface area contributed by atoms with Gasteiger partial charge >= 0.3 is 0 Å². The smallest absolute Gasteiger partial charge is 0.127 e. The second kappa shape index (κ2) is 5.32. The van der Waals surface area contributed by atoms with Crippen LogP contribution in [0.2, 0.25) is 5.02 Å². The Hall–Kier alpha value is -0.600. The molecule has 0 saturated heterocycles. The van der Waals surface area contributed by atoms with Crippen molar-refractivity contribution in [1.29, 1.82) is 0 Å². The van der Waals surface area contributed by atoms with Gasteiger partial charge in [0.25, 0.3) is 0 Å². The van der Waals surface area contributed by atoms with Gasteiger partial charge in [-0.1, -0.05) is 17.7 Å². The molecule has 3 heteroatoms. The van der Waals surface area contributed by atoms with Crippen LogP contribution in [-0.2, 0) is 6.42 Å². The third kappa shape index (κ3) is 3.64. The molecule has 0 aromatic heterocycles. The summed E-state index contributed by atoms with van der Waals surface area (Å²) < 4.78 is 13.3. The lowest BCUT2D eigenvalue weighted by atomic mass is 10.1. The number of benzene rings is 1. The van der Waals surface area contributed by atoms with Crippen molar-refractivity contribution >= 4 is 11.6 Å². The minimum absolute atomic E-state index is 0.186. The maximum absolute atomic E-state index is 13.3. The molecule has 0 aliphatic heterocycles. The largest absolute Gasteiger partial charge is 0.328 e. The lowest BCUT2D eigenvalue weighted by Gasteiger charge is -2.05. The van der Waals surface area contributed by atoms with Crippen LogP contribution >= 0.6 is 11.6 Å². The fourth-order valence-corrected chi connectivity index (χ4v) is 1.50. The summed E-state index contributed by atoms with van der Waals surface area (Å²) in [5.74, 6) is -0.220. The van der Waals surface area contributed by atoms with Gasteiger partial charge in [-0.05, 0) is 43.9 Å². The van der Waals surface area contributed by atoms with Crippen molar-refractivity contribution in [3.63, 3.8) is 0 Å². The number of rotatable bonds is 4. The average Bonchev–Trinajstić information content (AvgIpc) is 2.08. The molecule has 0 heterocycles. The molecule has 0 bridgehead atoms. The van der Waals surface area contributed by atoms with Crippen LogP contribution in [-0.4, -0.2) is 6.04 Å². The van der Waals surface area contributed by atoms with Crippen LogP contribution in [0.1, 0.15) is 25.3 Å². The maximum Gasteiger partial charge on any atom is 0.127 e. The average molecular weight is 216 g/mol. The lowest BCUT2D eigenvalue weighted by molar-refractivity contribution is 0.583. The van der Waals surface area contributed by atoms with Crippen molar-refractivity contribution in [3.05, 3.63) is 34.6 Å². The van der Waals surface area contributed by atoms with Gasteiger partial charge in [0.2, 0.25) is 0 Å². The van der Waals surface area contributed by atoms with Crippen LogP contribution in [0.25, 0.3) is 0 Å². The Morgan fingerprint density at radius 1 is 1.50 bits per heavy atom. The van der Waals surface area contributed by atoms with E-state index in [9.17, 15) is 4.39 Å². The quantitative estimate of drug-likeness (QED) is 0.821. The first-order valence-corrected chi connectivity index (χ1v) is 5.17. The molecule has 14 heavy (non-hydrogen) atoms. The molecule has 0 saturated carbocycles. The van der Waals surface area contributed by atoms with Crippen LogP contribution in [0.3, 0.4) is 0 Å². The van der Waals surface area contributed by atoms with Gasteiger partial charge in [-0.25, -0.2) is 4.39 Å². The molecule has 2 N–H and O–H groups in total. The zero-order valence-corrected chi connectivity index (χ0v) is 9.02. The van der Waals surface area contributed by atoms with Gasteiger partial charge in [-0.3, -0.25) is 0 Å². The van der Waals surface area contributed by atoms with E-state index < -0.39 is 0 Å². The summed E-state index contributed by atoms with van der Waals surface area (Å²) in [6, 6.07) is 4.98. The highest BCUT2D eigenvalue weighted by Crippen LogP contribution is 2.16. The fourth-order valence-electron chi connectivity index (χ4n) is 1.34. The zero-order valence-electron chi connectivity index (χ0n) is 8.26. The molecule has 0 aliphatic rings. The van der Waals surface area contributed by atoms with E-state index in [2.05, 4.69) is 0 Å². The monoisotopic (exact) mass is 215 g/mol. The van der Waals surface area contributed by atoms with Gasteiger partial charge in [-0.15, -0.1) is 0 Å². The number of halogens is 2. The number of nitrogens with two attached hydrogens (primary N) is 1. The van der Waals surface area contributed by atoms with Crippen LogP contribution in [0.15, 0.2) is 18.2 Å². The molecule has 0 radical (unpaired) electrons. The summed E-state index contributed by atoms with van der Waals surface area (Å²) in [4.78, 5) is 0. The third-order valence-corrected chi connectivity index (χ3v) is 2.36. The van der Waals surface area contributed by atoms with Gasteiger partial charge < -0.3 is 5.73 Å².